The number of nitrogens with zero attached hydrogens (tertiary/aromatic N) is 5. The molecule has 1 aliphatic heterocycles. The molecule has 1 unspecified atom stereocenters. The van der Waals surface area contributed by atoms with Gasteiger partial charge in [-0.15, -0.1) is 0 Å². The van der Waals surface area contributed by atoms with Gasteiger partial charge in [-0.05, 0) is 25.0 Å². The maximum Gasteiger partial charge on any atom is 0.246 e. The van der Waals surface area contributed by atoms with Crippen LogP contribution in [-0.4, -0.2) is 45.6 Å². The highest BCUT2D eigenvalue weighted by atomic mass is 32.2. The summed E-state index contributed by atoms with van der Waals surface area (Å²) in [6.07, 6.45) is 7.65. The third kappa shape index (κ3) is 3.76. The van der Waals surface area contributed by atoms with E-state index >= 15 is 0 Å². The number of piperidine rings is 1. The Morgan fingerprint density at radius 1 is 1.14 bits per heavy atom. The number of aryl methyl sites for hydroxylation is 1. The van der Waals surface area contributed by atoms with E-state index in [1.165, 1.54) is 21.4 Å². The smallest absolute Gasteiger partial charge is 0.246 e. The molecule has 0 N–H and O–H groups in total. The molecule has 1 atom stereocenters. The van der Waals surface area contributed by atoms with Gasteiger partial charge in [0.2, 0.25) is 15.9 Å². The van der Waals surface area contributed by atoms with E-state index in [9.17, 15) is 8.42 Å². The zero-order valence-electron chi connectivity index (χ0n) is 15.5. The Morgan fingerprint density at radius 3 is 2.68 bits per heavy atom. The molecular formula is C19H21N5O3S. The molecule has 146 valence electrons. The fourth-order valence-electron chi connectivity index (χ4n) is 3.36. The fourth-order valence-corrected chi connectivity index (χ4v) is 4.87. The van der Waals surface area contributed by atoms with Gasteiger partial charge in [-0.1, -0.05) is 18.2 Å². The molecule has 1 aliphatic rings. The second kappa shape index (κ2) is 7.69. The van der Waals surface area contributed by atoms with Crippen LogP contribution in [0.15, 0.2) is 60.0 Å². The van der Waals surface area contributed by atoms with Crippen molar-refractivity contribution >= 4 is 10.0 Å². The van der Waals surface area contributed by atoms with E-state index in [0.717, 1.165) is 12.8 Å². The Hall–Kier alpha value is -2.78. The lowest BCUT2D eigenvalue weighted by molar-refractivity contribution is 0.306. The number of para-hydroxylation sites is 1. The van der Waals surface area contributed by atoms with Crippen LogP contribution in [-0.2, 0) is 17.1 Å². The summed E-state index contributed by atoms with van der Waals surface area (Å²) in [6.45, 7) is 0.809. The lowest BCUT2D eigenvalue weighted by Crippen LogP contribution is -2.39. The van der Waals surface area contributed by atoms with Crippen molar-refractivity contribution in [3.05, 3.63) is 60.8 Å². The summed E-state index contributed by atoms with van der Waals surface area (Å²) < 4.78 is 34.8. The first-order chi connectivity index (χ1) is 13.5. The Kier molecular flexibility index (Phi) is 5.10. The number of benzene rings is 1. The van der Waals surface area contributed by atoms with E-state index in [1.54, 1.807) is 19.4 Å². The minimum absolute atomic E-state index is 0.0902. The first-order valence-electron chi connectivity index (χ1n) is 9.06. The second-order valence-electron chi connectivity index (χ2n) is 6.71. The van der Waals surface area contributed by atoms with E-state index in [1.807, 2.05) is 30.3 Å². The summed E-state index contributed by atoms with van der Waals surface area (Å²) in [6, 6.07) is 9.37. The summed E-state index contributed by atoms with van der Waals surface area (Å²) in [7, 11) is -1.89. The Morgan fingerprint density at radius 2 is 1.93 bits per heavy atom. The molecule has 0 radical (unpaired) electrons. The van der Waals surface area contributed by atoms with Gasteiger partial charge < -0.3 is 4.74 Å². The zero-order valence-corrected chi connectivity index (χ0v) is 16.3. The molecule has 28 heavy (non-hydrogen) atoms. The van der Waals surface area contributed by atoms with Gasteiger partial charge in [0.05, 0.1) is 6.20 Å². The molecule has 3 heterocycles. The van der Waals surface area contributed by atoms with Crippen LogP contribution >= 0.6 is 0 Å². The predicted molar refractivity (Wildman–Crippen MR) is 102 cm³/mol. The van der Waals surface area contributed by atoms with Gasteiger partial charge in [-0.2, -0.15) is 9.40 Å². The van der Waals surface area contributed by atoms with Crippen molar-refractivity contribution < 1.29 is 13.2 Å². The molecule has 1 saturated heterocycles. The number of ether oxygens (including phenoxy) is 1. The molecular weight excluding hydrogens is 378 g/mol. The van der Waals surface area contributed by atoms with E-state index in [4.69, 9.17) is 4.74 Å². The van der Waals surface area contributed by atoms with Crippen LogP contribution in [0, 0.1) is 0 Å². The predicted octanol–water partition coefficient (Wildman–Crippen LogP) is 2.57. The van der Waals surface area contributed by atoms with Crippen LogP contribution in [0.3, 0.4) is 0 Å². The van der Waals surface area contributed by atoms with E-state index in [0.29, 0.717) is 30.4 Å². The SMILES string of the molecule is Cn1cc(S(=O)(=O)N2CCCC(c3nccnc3Oc3ccccc3)C2)cn1. The Bertz CT molecular complexity index is 1050. The lowest BCUT2D eigenvalue weighted by atomic mass is 9.96. The quantitative estimate of drug-likeness (QED) is 0.655. The van der Waals surface area contributed by atoms with Crippen LogP contribution in [0.5, 0.6) is 11.6 Å². The van der Waals surface area contributed by atoms with E-state index < -0.39 is 10.0 Å². The van der Waals surface area contributed by atoms with Gasteiger partial charge in [0, 0.05) is 44.6 Å². The molecule has 0 spiro atoms. The zero-order chi connectivity index (χ0) is 19.6. The highest BCUT2D eigenvalue weighted by molar-refractivity contribution is 7.89. The van der Waals surface area contributed by atoms with Crippen molar-refractivity contribution in [1.82, 2.24) is 24.1 Å². The highest BCUT2D eigenvalue weighted by Crippen LogP contribution is 2.34. The third-order valence-corrected chi connectivity index (χ3v) is 6.56. The lowest BCUT2D eigenvalue weighted by Gasteiger charge is -2.31. The number of sulfonamides is 1. The first kappa shape index (κ1) is 18.6. The molecule has 8 nitrogen and oxygen atoms in total. The summed E-state index contributed by atoms with van der Waals surface area (Å²) in [4.78, 5) is 9.00. The van der Waals surface area contributed by atoms with Crippen LogP contribution in [0.4, 0.5) is 0 Å². The Labute approximate surface area is 163 Å². The fraction of sp³-hybridized carbons (Fsp3) is 0.316. The number of aromatic nitrogens is 4. The van der Waals surface area contributed by atoms with Crippen molar-refractivity contribution in [3.63, 3.8) is 0 Å². The van der Waals surface area contributed by atoms with Crippen molar-refractivity contribution in [2.75, 3.05) is 13.1 Å². The number of hydrogen-bond acceptors (Lipinski definition) is 6. The highest BCUT2D eigenvalue weighted by Gasteiger charge is 2.33. The van der Waals surface area contributed by atoms with Gasteiger partial charge in [0.25, 0.3) is 0 Å². The largest absolute Gasteiger partial charge is 0.437 e. The summed E-state index contributed by atoms with van der Waals surface area (Å²) >= 11 is 0. The van der Waals surface area contributed by atoms with Gasteiger partial charge in [0.1, 0.15) is 16.3 Å². The van der Waals surface area contributed by atoms with E-state index in [-0.39, 0.29) is 10.8 Å². The standard InChI is InChI=1S/C19H21N5O3S/c1-23-14-17(12-22-23)28(25,26)24-11-5-6-15(13-24)18-19(21-10-9-20-18)27-16-7-3-2-4-8-16/h2-4,7-10,12,14-15H,5-6,11,13H2,1H3. The molecule has 2 aromatic heterocycles. The summed E-state index contributed by atoms with van der Waals surface area (Å²) in [5.74, 6) is 0.992. The third-order valence-electron chi connectivity index (χ3n) is 4.74. The van der Waals surface area contributed by atoms with Gasteiger partial charge in [0.15, 0.2) is 0 Å². The number of hydrogen-bond donors (Lipinski definition) is 0. The first-order valence-corrected chi connectivity index (χ1v) is 10.5. The van der Waals surface area contributed by atoms with Crippen LogP contribution in [0.2, 0.25) is 0 Å². The molecule has 0 bridgehead atoms. The molecule has 0 aliphatic carbocycles. The minimum atomic E-state index is -3.59. The van der Waals surface area contributed by atoms with Crippen LogP contribution < -0.4 is 4.74 Å². The Balaban J connectivity index is 1.59. The topological polar surface area (TPSA) is 90.2 Å². The van der Waals surface area contributed by atoms with Crippen molar-refractivity contribution in [3.8, 4) is 11.6 Å². The average Bonchev–Trinajstić information content (AvgIpc) is 3.17. The molecule has 1 fully saturated rings. The van der Waals surface area contributed by atoms with Gasteiger partial charge in [-0.25, -0.2) is 13.4 Å². The van der Waals surface area contributed by atoms with Gasteiger partial charge in [-0.3, -0.25) is 9.67 Å². The summed E-state index contributed by atoms with van der Waals surface area (Å²) in [5, 5.41) is 3.98. The molecule has 1 aromatic carbocycles. The summed E-state index contributed by atoms with van der Waals surface area (Å²) in [5.41, 5.74) is 0.678. The van der Waals surface area contributed by atoms with Crippen LogP contribution in [0.25, 0.3) is 0 Å². The normalized spacial score (nSPS) is 18.1. The van der Waals surface area contributed by atoms with Crippen molar-refractivity contribution in [2.45, 2.75) is 23.7 Å². The van der Waals surface area contributed by atoms with E-state index in [2.05, 4.69) is 15.1 Å². The molecule has 0 saturated carbocycles. The number of rotatable bonds is 5. The molecule has 0 amide bonds. The minimum Gasteiger partial charge on any atom is -0.437 e. The van der Waals surface area contributed by atoms with Gasteiger partial charge >= 0.3 is 0 Å². The maximum atomic E-state index is 13.0. The second-order valence-corrected chi connectivity index (χ2v) is 8.65. The molecule has 4 rings (SSSR count). The molecule has 9 heteroatoms. The van der Waals surface area contributed by atoms with Crippen molar-refractivity contribution in [1.29, 1.82) is 0 Å². The average molecular weight is 399 g/mol. The van der Waals surface area contributed by atoms with Crippen molar-refractivity contribution in [2.24, 2.45) is 7.05 Å². The monoisotopic (exact) mass is 399 g/mol. The molecule has 3 aromatic rings. The maximum absolute atomic E-state index is 13.0. The van der Waals surface area contributed by atoms with Crippen LogP contribution in [0.1, 0.15) is 24.5 Å².